The van der Waals surface area contributed by atoms with Crippen LogP contribution in [0, 0.1) is 0 Å². The van der Waals surface area contributed by atoms with Crippen molar-refractivity contribution in [3.8, 4) is 0 Å². The first-order valence-corrected chi connectivity index (χ1v) is 8.33. The molecule has 1 aliphatic heterocycles. The first kappa shape index (κ1) is 16.7. The van der Waals surface area contributed by atoms with E-state index in [1.807, 2.05) is 12.1 Å². The number of hydrogen-bond acceptors (Lipinski definition) is 5. The zero-order chi connectivity index (χ0) is 16.8. The van der Waals surface area contributed by atoms with Gasteiger partial charge in [0.05, 0.1) is 12.8 Å². The summed E-state index contributed by atoms with van der Waals surface area (Å²) in [6, 6.07) is 7.55. The highest BCUT2D eigenvalue weighted by molar-refractivity contribution is 5.78. The van der Waals surface area contributed by atoms with Crippen molar-refractivity contribution in [1.29, 1.82) is 0 Å². The molecule has 0 bridgehead atoms. The number of nitrogens with zero attached hydrogens (tertiary/aromatic N) is 2. The van der Waals surface area contributed by atoms with Gasteiger partial charge < -0.3 is 14.8 Å². The summed E-state index contributed by atoms with van der Waals surface area (Å²) in [5, 5.41) is 13.2. The Balaban J connectivity index is 1.47. The van der Waals surface area contributed by atoms with Crippen molar-refractivity contribution in [3.05, 3.63) is 54.2 Å². The lowest BCUT2D eigenvalue weighted by Gasteiger charge is -2.25. The number of hydrogen-bond donors (Lipinski definition) is 2. The van der Waals surface area contributed by atoms with Gasteiger partial charge in [-0.3, -0.25) is 14.7 Å². The molecule has 2 atom stereocenters. The molecule has 1 fully saturated rings. The van der Waals surface area contributed by atoms with Crippen LogP contribution < -0.4 is 5.32 Å². The first-order valence-electron chi connectivity index (χ1n) is 8.33. The summed E-state index contributed by atoms with van der Waals surface area (Å²) >= 11 is 0. The van der Waals surface area contributed by atoms with Crippen LogP contribution in [0.5, 0.6) is 0 Å². The third kappa shape index (κ3) is 4.43. The van der Waals surface area contributed by atoms with Crippen LogP contribution in [0.1, 0.15) is 36.7 Å². The van der Waals surface area contributed by atoms with Gasteiger partial charge in [0.2, 0.25) is 5.91 Å². The Labute approximate surface area is 141 Å². The fraction of sp³-hybridized carbons (Fsp3) is 0.444. The summed E-state index contributed by atoms with van der Waals surface area (Å²) in [5.74, 6) is 0.584. The number of likely N-dealkylation sites (tertiary alicyclic amines) is 1. The molecule has 0 radical (unpaired) electrons. The summed E-state index contributed by atoms with van der Waals surface area (Å²) in [6.07, 6.45) is 7.03. The molecule has 24 heavy (non-hydrogen) atoms. The molecular weight excluding hydrogens is 306 g/mol. The Morgan fingerprint density at radius 2 is 2.38 bits per heavy atom. The lowest BCUT2D eigenvalue weighted by molar-refractivity contribution is -0.122. The smallest absolute Gasteiger partial charge is 0.234 e. The van der Waals surface area contributed by atoms with Crippen molar-refractivity contribution >= 4 is 5.91 Å². The lowest BCUT2D eigenvalue weighted by atomic mass is 10.1. The van der Waals surface area contributed by atoms with Crippen molar-refractivity contribution in [2.45, 2.75) is 38.0 Å². The summed E-state index contributed by atoms with van der Waals surface area (Å²) in [5.41, 5.74) is 0.983. The molecule has 1 saturated heterocycles. The van der Waals surface area contributed by atoms with E-state index in [0.717, 1.165) is 24.9 Å². The molecule has 2 unspecified atom stereocenters. The van der Waals surface area contributed by atoms with E-state index < -0.39 is 6.10 Å². The summed E-state index contributed by atoms with van der Waals surface area (Å²) in [7, 11) is 0. The van der Waals surface area contributed by atoms with Crippen LogP contribution in [0.2, 0.25) is 0 Å². The number of nitrogens with one attached hydrogen (secondary N) is 1. The van der Waals surface area contributed by atoms with Crippen LogP contribution in [0.3, 0.4) is 0 Å². The van der Waals surface area contributed by atoms with E-state index in [4.69, 9.17) is 4.42 Å². The van der Waals surface area contributed by atoms with E-state index in [0.29, 0.717) is 25.3 Å². The van der Waals surface area contributed by atoms with Crippen LogP contribution in [0.15, 0.2) is 47.3 Å². The predicted molar refractivity (Wildman–Crippen MR) is 89.0 cm³/mol. The molecule has 0 aliphatic carbocycles. The molecule has 2 N–H and O–H groups in total. The number of aliphatic hydroxyl groups excluding tert-OH is 1. The molecule has 3 heterocycles. The van der Waals surface area contributed by atoms with Gasteiger partial charge in [0, 0.05) is 25.0 Å². The fourth-order valence-electron chi connectivity index (χ4n) is 3.17. The van der Waals surface area contributed by atoms with Crippen LogP contribution in [-0.2, 0) is 11.3 Å². The number of carbonyl (C=O) groups is 1. The Morgan fingerprint density at radius 1 is 1.46 bits per heavy atom. The largest absolute Gasteiger partial charge is 0.467 e. The van der Waals surface area contributed by atoms with E-state index in [9.17, 15) is 9.90 Å². The molecule has 1 amide bonds. The average molecular weight is 329 g/mol. The normalized spacial score (nSPS) is 19.3. The Morgan fingerprint density at radius 3 is 3.12 bits per heavy atom. The van der Waals surface area contributed by atoms with E-state index in [-0.39, 0.29) is 11.9 Å². The standard InChI is InChI=1S/C18H23N3O3/c22-16(17-6-3-9-24-17)10-15-5-2-8-21(15)13-18(23)20-12-14-4-1-7-19-11-14/h1,3-4,6-7,9,11,15-16,22H,2,5,8,10,12-13H2,(H,20,23). The number of pyridine rings is 1. The molecule has 2 aromatic rings. The van der Waals surface area contributed by atoms with E-state index in [1.165, 1.54) is 0 Å². The molecule has 1 aliphatic rings. The monoisotopic (exact) mass is 329 g/mol. The predicted octanol–water partition coefficient (Wildman–Crippen LogP) is 1.88. The number of carbonyl (C=O) groups excluding carboxylic acids is 1. The zero-order valence-corrected chi connectivity index (χ0v) is 13.6. The number of furan rings is 1. The Bertz CT molecular complexity index is 630. The average Bonchev–Trinajstić information content (AvgIpc) is 3.26. The van der Waals surface area contributed by atoms with Crippen molar-refractivity contribution in [2.24, 2.45) is 0 Å². The highest BCUT2D eigenvalue weighted by Crippen LogP contribution is 2.27. The Hall–Kier alpha value is -2.18. The summed E-state index contributed by atoms with van der Waals surface area (Å²) in [6.45, 7) is 1.73. The van der Waals surface area contributed by atoms with Crippen LogP contribution >= 0.6 is 0 Å². The van der Waals surface area contributed by atoms with Gasteiger partial charge in [0.15, 0.2) is 0 Å². The molecule has 0 aromatic carbocycles. The summed E-state index contributed by atoms with van der Waals surface area (Å²) < 4.78 is 5.26. The molecule has 0 saturated carbocycles. The van der Waals surface area contributed by atoms with Gasteiger partial charge in [-0.2, -0.15) is 0 Å². The molecule has 6 nitrogen and oxygen atoms in total. The van der Waals surface area contributed by atoms with Gasteiger partial charge in [-0.25, -0.2) is 0 Å². The third-order valence-corrected chi connectivity index (χ3v) is 4.43. The van der Waals surface area contributed by atoms with Crippen LogP contribution in [0.4, 0.5) is 0 Å². The van der Waals surface area contributed by atoms with Crippen LogP contribution in [0.25, 0.3) is 0 Å². The third-order valence-electron chi connectivity index (χ3n) is 4.43. The van der Waals surface area contributed by atoms with Crippen molar-refractivity contribution in [1.82, 2.24) is 15.2 Å². The minimum atomic E-state index is -0.621. The second-order valence-corrected chi connectivity index (χ2v) is 6.17. The summed E-state index contributed by atoms with van der Waals surface area (Å²) in [4.78, 5) is 18.4. The van der Waals surface area contributed by atoms with Crippen molar-refractivity contribution in [3.63, 3.8) is 0 Å². The molecule has 3 rings (SSSR count). The minimum Gasteiger partial charge on any atom is -0.467 e. The number of aliphatic hydroxyl groups is 1. The van der Waals surface area contributed by atoms with Gasteiger partial charge in [0.25, 0.3) is 0 Å². The maximum Gasteiger partial charge on any atom is 0.234 e. The van der Waals surface area contributed by atoms with Gasteiger partial charge in [-0.15, -0.1) is 0 Å². The molecule has 6 heteroatoms. The lowest BCUT2D eigenvalue weighted by Crippen LogP contribution is -2.40. The number of aromatic nitrogens is 1. The number of amides is 1. The Kier molecular flexibility index (Phi) is 5.61. The van der Waals surface area contributed by atoms with Crippen molar-refractivity contribution in [2.75, 3.05) is 13.1 Å². The molecule has 0 spiro atoms. The molecule has 2 aromatic heterocycles. The van der Waals surface area contributed by atoms with Gasteiger partial charge in [0.1, 0.15) is 11.9 Å². The highest BCUT2D eigenvalue weighted by atomic mass is 16.4. The maximum absolute atomic E-state index is 12.2. The number of rotatable bonds is 7. The van der Waals surface area contributed by atoms with Gasteiger partial charge in [-0.1, -0.05) is 6.07 Å². The van der Waals surface area contributed by atoms with Gasteiger partial charge >= 0.3 is 0 Å². The van der Waals surface area contributed by atoms with Gasteiger partial charge in [-0.05, 0) is 49.6 Å². The van der Waals surface area contributed by atoms with E-state index in [2.05, 4.69) is 15.2 Å². The first-order chi connectivity index (χ1) is 11.7. The fourth-order valence-corrected chi connectivity index (χ4v) is 3.17. The quantitative estimate of drug-likeness (QED) is 0.811. The highest BCUT2D eigenvalue weighted by Gasteiger charge is 2.29. The van der Waals surface area contributed by atoms with Crippen molar-refractivity contribution < 1.29 is 14.3 Å². The second-order valence-electron chi connectivity index (χ2n) is 6.17. The van der Waals surface area contributed by atoms with E-state index >= 15 is 0 Å². The maximum atomic E-state index is 12.2. The second kappa shape index (κ2) is 8.08. The minimum absolute atomic E-state index is 0.00163. The van der Waals surface area contributed by atoms with Crippen LogP contribution in [-0.4, -0.2) is 40.0 Å². The van der Waals surface area contributed by atoms with E-state index in [1.54, 1.807) is 30.8 Å². The SMILES string of the molecule is O=C(CN1CCCC1CC(O)c1ccco1)NCc1cccnc1. The molecule has 128 valence electrons. The zero-order valence-electron chi connectivity index (χ0n) is 13.6. The topological polar surface area (TPSA) is 78.6 Å². The molecular formula is C18H23N3O3.